The van der Waals surface area contributed by atoms with E-state index >= 15 is 0 Å². The molecule has 22 heavy (non-hydrogen) atoms. The van der Waals surface area contributed by atoms with E-state index in [1.165, 1.54) is 7.11 Å². The molecule has 0 aliphatic rings. The van der Waals surface area contributed by atoms with Crippen molar-refractivity contribution in [1.82, 2.24) is 4.72 Å². The summed E-state index contributed by atoms with van der Waals surface area (Å²) in [5.41, 5.74) is 2.84. The van der Waals surface area contributed by atoms with Gasteiger partial charge in [-0.3, -0.25) is 0 Å². The van der Waals surface area contributed by atoms with Crippen molar-refractivity contribution in [2.45, 2.75) is 38.1 Å². The van der Waals surface area contributed by atoms with Gasteiger partial charge in [0.1, 0.15) is 10.6 Å². The van der Waals surface area contributed by atoms with Crippen molar-refractivity contribution in [2.24, 2.45) is 0 Å². The molecule has 1 N–H and O–H groups in total. The Bertz CT molecular complexity index is 736. The van der Waals surface area contributed by atoms with Gasteiger partial charge in [0.15, 0.2) is 0 Å². The van der Waals surface area contributed by atoms with Gasteiger partial charge in [-0.05, 0) is 62.1 Å². The molecule has 1 atom stereocenters. The van der Waals surface area contributed by atoms with E-state index in [-0.39, 0.29) is 10.9 Å². The van der Waals surface area contributed by atoms with Crippen LogP contribution >= 0.6 is 0 Å². The molecule has 6 heteroatoms. The van der Waals surface area contributed by atoms with Gasteiger partial charge in [0.2, 0.25) is 10.0 Å². The first-order valence-corrected chi connectivity index (χ1v) is 8.50. The molecule has 0 saturated carbocycles. The highest BCUT2D eigenvalue weighted by Crippen LogP contribution is 2.27. The summed E-state index contributed by atoms with van der Waals surface area (Å²) in [5.74, 6) is 0.353. The lowest BCUT2D eigenvalue weighted by Gasteiger charge is -2.16. The molecule has 0 spiro atoms. The smallest absolute Gasteiger partial charge is 0.244 e. The lowest BCUT2D eigenvalue weighted by atomic mass is 10.1. The van der Waals surface area contributed by atoms with Crippen LogP contribution in [0.2, 0.25) is 0 Å². The number of benzene rings is 1. The molecule has 0 bridgehead atoms. The monoisotopic (exact) mass is 323 g/mol. The molecule has 0 aliphatic carbocycles. The minimum atomic E-state index is -3.65. The highest BCUT2D eigenvalue weighted by Gasteiger charge is 2.23. The minimum Gasteiger partial charge on any atom is -0.495 e. The number of sulfonamides is 1. The molecule has 5 nitrogen and oxygen atoms in total. The molecule has 0 saturated heterocycles. The van der Waals surface area contributed by atoms with Crippen LogP contribution in [0, 0.1) is 13.8 Å². The molecular formula is C16H21NO4S. The molecule has 2 rings (SSSR count). The van der Waals surface area contributed by atoms with Crippen LogP contribution in [0.1, 0.15) is 23.6 Å². The average molecular weight is 323 g/mol. The van der Waals surface area contributed by atoms with Gasteiger partial charge in [0, 0.05) is 6.04 Å². The van der Waals surface area contributed by atoms with Crippen molar-refractivity contribution in [3.8, 4) is 5.75 Å². The summed E-state index contributed by atoms with van der Waals surface area (Å²) >= 11 is 0. The molecule has 120 valence electrons. The maximum Gasteiger partial charge on any atom is 0.244 e. The van der Waals surface area contributed by atoms with Crippen LogP contribution in [-0.4, -0.2) is 21.6 Å². The summed E-state index contributed by atoms with van der Waals surface area (Å²) in [5, 5.41) is 0. The van der Waals surface area contributed by atoms with Crippen LogP contribution in [0.3, 0.4) is 0 Å². The fraction of sp³-hybridized carbons (Fsp3) is 0.375. The van der Waals surface area contributed by atoms with Gasteiger partial charge in [0.25, 0.3) is 0 Å². The number of hydrogen-bond donors (Lipinski definition) is 1. The summed E-state index contributed by atoms with van der Waals surface area (Å²) in [6.07, 6.45) is 3.74. The molecule has 0 fully saturated rings. The second kappa shape index (κ2) is 6.54. The summed E-state index contributed by atoms with van der Waals surface area (Å²) in [6, 6.07) is 4.95. The molecule has 1 unspecified atom stereocenters. The number of nitrogens with one attached hydrogen (secondary N) is 1. The highest BCUT2D eigenvalue weighted by molar-refractivity contribution is 7.89. The van der Waals surface area contributed by atoms with E-state index in [9.17, 15) is 8.42 Å². The van der Waals surface area contributed by atoms with Crippen molar-refractivity contribution < 1.29 is 17.6 Å². The van der Waals surface area contributed by atoms with Crippen LogP contribution < -0.4 is 9.46 Å². The van der Waals surface area contributed by atoms with Crippen LogP contribution in [-0.2, 0) is 16.4 Å². The zero-order valence-corrected chi connectivity index (χ0v) is 14.0. The third-order valence-electron chi connectivity index (χ3n) is 3.55. The molecule has 2 aromatic rings. The Balaban J connectivity index is 2.24. The minimum absolute atomic E-state index is 0.164. The maximum absolute atomic E-state index is 12.6. The van der Waals surface area contributed by atoms with Gasteiger partial charge in [-0.2, -0.15) is 0 Å². The van der Waals surface area contributed by atoms with Crippen LogP contribution in [0.4, 0.5) is 0 Å². The maximum atomic E-state index is 12.6. The Kier molecular flexibility index (Phi) is 4.93. The number of aryl methyl sites for hydroxylation is 2. The molecule has 0 aliphatic heterocycles. The number of furan rings is 1. The van der Waals surface area contributed by atoms with Gasteiger partial charge in [0.05, 0.1) is 19.6 Å². The van der Waals surface area contributed by atoms with E-state index in [1.54, 1.807) is 24.7 Å². The molecule has 0 radical (unpaired) electrons. The van der Waals surface area contributed by atoms with E-state index in [4.69, 9.17) is 9.15 Å². The fourth-order valence-corrected chi connectivity index (χ4v) is 3.74. The Morgan fingerprint density at radius 3 is 2.55 bits per heavy atom. The molecule has 0 amide bonds. The number of hydrogen-bond acceptors (Lipinski definition) is 4. The largest absolute Gasteiger partial charge is 0.495 e. The first-order valence-electron chi connectivity index (χ1n) is 7.02. The van der Waals surface area contributed by atoms with Gasteiger partial charge >= 0.3 is 0 Å². The zero-order valence-electron chi connectivity index (χ0n) is 13.2. The highest BCUT2D eigenvalue weighted by atomic mass is 32.2. The van der Waals surface area contributed by atoms with E-state index in [0.717, 1.165) is 16.7 Å². The third-order valence-corrected chi connectivity index (χ3v) is 5.16. The van der Waals surface area contributed by atoms with E-state index in [2.05, 4.69) is 4.72 Å². The zero-order chi connectivity index (χ0) is 16.3. The van der Waals surface area contributed by atoms with E-state index in [0.29, 0.717) is 12.2 Å². The van der Waals surface area contributed by atoms with Crippen LogP contribution in [0.25, 0.3) is 0 Å². The van der Waals surface area contributed by atoms with Crippen LogP contribution in [0.5, 0.6) is 5.75 Å². The molecular weight excluding hydrogens is 302 g/mol. The standard InChI is InChI=1S/C16H21NO4S/c1-11-7-15(20-4)16(8-12(11)2)22(18,19)17-13(3)9-14-5-6-21-10-14/h5-8,10,13,17H,9H2,1-4H3. The normalized spacial score (nSPS) is 13.1. The lowest BCUT2D eigenvalue weighted by Crippen LogP contribution is -2.34. The topological polar surface area (TPSA) is 68.5 Å². The van der Waals surface area contributed by atoms with Crippen molar-refractivity contribution in [1.29, 1.82) is 0 Å². The van der Waals surface area contributed by atoms with E-state index in [1.807, 2.05) is 26.8 Å². The van der Waals surface area contributed by atoms with Crippen molar-refractivity contribution >= 4 is 10.0 Å². The predicted molar refractivity (Wildman–Crippen MR) is 84.7 cm³/mol. The Morgan fingerprint density at radius 2 is 1.95 bits per heavy atom. The first-order chi connectivity index (χ1) is 10.3. The van der Waals surface area contributed by atoms with Gasteiger partial charge in [-0.1, -0.05) is 0 Å². The van der Waals surface area contributed by atoms with Crippen molar-refractivity contribution in [2.75, 3.05) is 7.11 Å². The first kappa shape index (κ1) is 16.6. The van der Waals surface area contributed by atoms with Crippen LogP contribution in [0.15, 0.2) is 40.0 Å². The fourth-order valence-electron chi connectivity index (χ4n) is 2.27. The van der Waals surface area contributed by atoms with E-state index < -0.39 is 10.0 Å². The molecule has 1 aromatic carbocycles. The SMILES string of the molecule is COc1cc(C)c(C)cc1S(=O)(=O)NC(C)Cc1ccoc1. The number of ether oxygens (including phenoxy) is 1. The second-order valence-corrected chi connectivity index (χ2v) is 7.13. The Labute approximate surface area is 131 Å². The summed E-state index contributed by atoms with van der Waals surface area (Å²) in [7, 11) is -2.18. The Morgan fingerprint density at radius 1 is 1.27 bits per heavy atom. The summed E-state index contributed by atoms with van der Waals surface area (Å²) in [4.78, 5) is 0.164. The van der Waals surface area contributed by atoms with Crippen molar-refractivity contribution in [3.05, 3.63) is 47.4 Å². The summed E-state index contributed by atoms with van der Waals surface area (Å²) < 4.78 is 38.1. The van der Waals surface area contributed by atoms with Gasteiger partial charge < -0.3 is 9.15 Å². The third kappa shape index (κ3) is 3.69. The second-order valence-electron chi connectivity index (χ2n) is 5.45. The summed E-state index contributed by atoms with van der Waals surface area (Å²) in [6.45, 7) is 5.62. The average Bonchev–Trinajstić information content (AvgIpc) is 2.93. The molecule has 1 aromatic heterocycles. The van der Waals surface area contributed by atoms with Gasteiger partial charge in [-0.15, -0.1) is 0 Å². The van der Waals surface area contributed by atoms with Gasteiger partial charge in [-0.25, -0.2) is 13.1 Å². The lowest BCUT2D eigenvalue weighted by molar-refractivity contribution is 0.401. The quantitative estimate of drug-likeness (QED) is 0.887. The predicted octanol–water partition coefficient (Wildman–Crippen LogP) is 2.81. The number of rotatable bonds is 6. The van der Waals surface area contributed by atoms with Crippen molar-refractivity contribution in [3.63, 3.8) is 0 Å². The Hall–Kier alpha value is -1.79. The molecule has 1 heterocycles. The number of methoxy groups -OCH3 is 1.